The van der Waals surface area contributed by atoms with Gasteiger partial charge in [-0.2, -0.15) is 15.3 Å². The number of H-pyrrole nitrogens is 1. The van der Waals surface area contributed by atoms with E-state index in [9.17, 15) is 28.0 Å². The summed E-state index contributed by atoms with van der Waals surface area (Å²) in [4.78, 5) is 63.3. The summed E-state index contributed by atoms with van der Waals surface area (Å²) in [6.07, 6.45) is 26.8. The molecule has 0 spiro atoms. The van der Waals surface area contributed by atoms with Crippen LogP contribution in [-0.2, 0) is 0 Å². The van der Waals surface area contributed by atoms with Crippen LogP contribution in [0.2, 0.25) is 0 Å². The number of hydrogen-bond donors (Lipinski definition) is 5. The molecule has 0 radical (unpaired) electrons. The van der Waals surface area contributed by atoms with Gasteiger partial charge in [-0.3, -0.25) is 19.3 Å². The number of aromatic amines is 1. The number of amides is 2. The summed E-state index contributed by atoms with van der Waals surface area (Å²) in [5.41, 5.74) is 11.5. The fourth-order valence-electron chi connectivity index (χ4n) is 12.8. The Kier molecular flexibility index (Phi) is 18.5. The number of halogens is 3. The van der Waals surface area contributed by atoms with Crippen LogP contribution in [0.5, 0.6) is 0 Å². The number of carbonyl (C=O) groups excluding carboxylic acids is 2. The van der Waals surface area contributed by atoms with Crippen molar-refractivity contribution in [1.29, 1.82) is 5.26 Å². The van der Waals surface area contributed by atoms with E-state index in [1.54, 1.807) is 43.9 Å². The number of nitrogens with two attached hydrogens (primary N) is 1. The van der Waals surface area contributed by atoms with E-state index in [1.165, 1.54) is 50.7 Å². The highest BCUT2D eigenvalue weighted by molar-refractivity contribution is 6.03. The quantitative estimate of drug-likeness (QED) is 0.0719. The molecule has 0 bridgehead atoms. The van der Waals surface area contributed by atoms with Crippen molar-refractivity contribution in [3.05, 3.63) is 145 Å². The van der Waals surface area contributed by atoms with Crippen molar-refractivity contribution in [3.63, 3.8) is 0 Å². The summed E-state index contributed by atoms with van der Waals surface area (Å²) >= 11 is 0. The molecule has 87 heavy (non-hydrogen) atoms. The van der Waals surface area contributed by atoms with Gasteiger partial charge in [0.05, 0.1) is 59.8 Å². The fraction of sp³-hybridized carbons (Fsp3) is 0.391. The van der Waals surface area contributed by atoms with Crippen molar-refractivity contribution in [1.82, 2.24) is 64.4 Å². The van der Waals surface area contributed by atoms with E-state index in [1.807, 2.05) is 53.7 Å². The van der Waals surface area contributed by atoms with E-state index in [-0.39, 0.29) is 29.6 Å². The lowest BCUT2D eigenvalue weighted by molar-refractivity contribution is 0.0815. The largest absolute Gasteiger partial charge is 0.368 e. The average molecular weight is 1180 g/mol. The van der Waals surface area contributed by atoms with Crippen molar-refractivity contribution < 1.29 is 22.8 Å². The number of piperazine rings is 1. The third kappa shape index (κ3) is 13.6. The molecule has 13 rings (SSSR count). The number of fused-ring (bicyclic) bond motifs is 2. The number of anilines is 4. The second kappa shape index (κ2) is 27.1. The van der Waals surface area contributed by atoms with E-state index in [0.29, 0.717) is 47.4 Å². The second-order valence-electron chi connectivity index (χ2n) is 23.2. The summed E-state index contributed by atoms with van der Waals surface area (Å²) in [7, 11) is 3.57. The van der Waals surface area contributed by atoms with Crippen molar-refractivity contribution in [2.45, 2.75) is 108 Å². The van der Waals surface area contributed by atoms with Gasteiger partial charge in [-0.25, -0.2) is 38.1 Å². The van der Waals surface area contributed by atoms with E-state index < -0.39 is 34.6 Å². The SMILES string of the molecule is CN(C)C(=O)c1cc2cnc(Nc3ccc(N4CCNCC4)cn3)nc2n1C1CCCC1.C[C@@H]1C[C@H](N)C[C@H](c2ccncc2NC(=O)c2ccc(F)c(-c3c(F)cccc3F)n2)C1.N#CC[C@H](C1CCCC1)n1cc(-c2ncnc3[nH]ccc23)cn1. The predicted molar refractivity (Wildman–Crippen MR) is 327 cm³/mol. The van der Waals surface area contributed by atoms with Gasteiger partial charge in [0, 0.05) is 93.5 Å². The van der Waals surface area contributed by atoms with Gasteiger partial charge in [-0.1, -0.05) is 38.7 Å². The Hall–Kier alpha value is -9.14. The smallest absolute Gasteiger partial charge is 0.274 e. The number of hydrogen-bond acceptors (Lipinski definition) is 15. The molecule has 1 aliphatic heterocycles. The van der Waals surface area contributed by atoms with Gasteiger partial charge in [0.25, 0.3) is 11.8 Å². The van der Waals surface area contributed by atoms with E-state index in [2.05, 4.69) is 84.5 Å². The van der Waals surface area contributed by atoms with Crippen molar-refractivity contribution in [2.24, 2.45) is 17.6 Å². The number of carbonyl (C=O) groups is 2. The lowest BCUT2D eigenvalue weighted by Gasteiger charge is -2.32. The molecule has 20 nitrogen and oxygen atoms in total. The Labute approximate surface area is 502 Å². The zero-order valence-electron chi connectivity index (χ0n) is 49.0. The van der Waals surface area contributed by atoms with E-state index in [4.69, 9.17) is 10.7 Å². The Bertz CT molecular complexity index is 3870. The molecule has 23 heteroatoms. The van der Waals surface area contributed by atoms with Gasteiger partial charge in [0.1, 0.15) is 58.0 Å². The molecule has 2 amide bonds. The van der Waals surface area contributed by atoms with Gasteiger partial charge in [-0.15, -0.1) is 0 Å². The predicted octanol–water partition coefficient (Wildman–Crippen LogP) is 11.3. The van der Waals surface area contributed by atoms with Crippen LogP contribution in [0.25, 0.3) is 44.6 Å². The van der Waals surface area contributed by atoms with Crippen LogP contribution in [0.1, 0.15) is 129 Å². The van der Waals surface area contributed by atoms with Crippen LogP contribution in [0, 0.1) is 40.6 Å². The van der Waals surface area contributed by atoms with Gasteiger partial charge in [-0.05, 0) is 123 Å². The third-order valence-corrected chi connectivity index (χ3v) is 17.0. The maximum atomic E-state index is 14.3. The van der Waals surface area contributed by atoms with Gasteiger partial charge >= 0.3 is 0 Å². The minimum Gasteiger partial charge on any atom is -0.368 e. The van der Waals surface area contributed by atoms with Crippen molar-refractivity contribution in [2.75, 3.05) is 55.8 Å². The molecule has 0 unspecified atom stereocenters. The van der Waals surface area contributed by atoms with Crippen LogP contribution in [-0.4, -0.2) is 117 Å². The lowest BCUT2D eigenvalue weighted by Crippen LogP contribution is -2.43. The molecular weight excluding hydrogens is 1110 g/mol. The first-order valence-electron chi connectivity index (χ1n) is 29.9. The molecular formula is C64H71F3N18O2. The Morgan fingerprint density at radius 2 is 1.63 bits per heavy atom. The first-order valence-corrected chi connectivity index (χ1v) is 29.9. The Morgan fingerprint density at radius 3 is 2.37 bits per heavy atom. The molecule has 9 heterocycles. The number of pyridine rings is 3. The number of rotatable bonds is 13. The number of nitrogens with zero attached hydrogens (tertiary/aromatic N) is 13. The molecule has 8 aromatic heterocycles. The standard InChI is InChI=1S/C24H23F3N4O.C23H30N8O.C17H18N6/c1-13-9-14(11-15(28)10-13)16-7-8-29-12-21(16)31-24(32)20-6-5-19(27)23(30-20)22-17(25)3-2-4-18(22)26;1-29(2)22(32)19-13-16-14-26-23(28-21(16)31(19)17-5-3-4-6-17)27-20-8-7-18(15-25-20)30-11-9-24-10-12-30;18-7-5-15(12-3-1-2-4-12)23-10-13(9-22-23)16-14-6-8-19-17(14)21-11-20-16/h2-8,12-15H,9-11,28H2,1H3,(H,31,32);7-8,13-15,17,24H,3-6,9-12H2,1-2H3,(H,25,26,27,28);6,8-12,15H,1-5H2,(H,19,20,21)/t13-,14+,15-;;15-/m0.1/s1. The van der Waals surface area contributed by atoms with Gasteiger partial charge in [0.2, 0.25) is 5.95 Å². The Morgan fingerprint density at radius 1 is 0.851 bits per heavy atom. The van der Waals surface area contributed by atoms with Gasteiger partial charge in [0.15, 0.2) is 0 Å². The van der Waals surface area contributed by atoms with Crippen LogP contribution in [0.4, 0.5) is 36.3 Å². The molecule has 3 aliphatic carbocycles. The van der Waals surface area contributed by atoms with Crippen molar-refractivity contribution in [3.8, 4) is 28.6 Å². The number of nitrogens with one attached hydrogen (secondary N) is 4. The van der Waals surface area contributed by atoms with Crippen LogP contribution >= 0.6 is 0 Å². The summed E-state index contributed by atoms with van der Waals surface area (Å²) < 4.78 is 46.7. The normalized spacial score (nSPS) is 18.3. The highest BCUT2D eigenvalue weighted by atomic mass is 19.1. The number of nitriles is 1. The molecule has 6 N–H and O–H groups in total. The summed E-state index contributed by atoms with van der Waals surface area (Å²) in [5.74, 6) is -1.14. The summed E-state index contributed by atoms with van der Waals surface area (Å²) in [6.45, 7) is 6.11. The Balaban J connectivity index is 0.000000137. The average Bonchev–Trinajstić information content (AvgIpc) is 2.37. The molecule has 4 fully saturated rings. The molecule has 1 saturated heterocycles. The maximum absolute atomic E-state index is 14.3. The van der Waals surface area contributed by atoms with Crippen LogP contribution in [0.3, 0.4) is 0 Å². The second-order valence-corrected chi connectivity index (χ2v) is 23.2. The van der Waals surface area contributed by atoms with E-state index in [0.717, 1.165) is 121 Å². The van der Waals surface area contributed by atoms with Gasteiger partial charge < -0.3 is 41.0 Å². The zero-order chi connectivity index (χ0) is 60.6. The molecule has 9 aromatic rings. The fourth-order valence-corrected chi connectivity index (χ4v) is 12.8. The first-order chi connectivity index (χ1) is 42.3. The minimum absolute atomic E-state index is 0.00502. The van der Waals surface area contributed by atoms with Crippen LogP contribution in [0.15, 0.2) is 110 Å². The zero-order valence-corrected chi connectivity index (χ0v) is 49.0. The monoisotopic (exact) mass is 1180 g/mol. The first kappa shape index (κ1) is 59.6. The molecule has 1 aromatic carbocycles. The highest BCUT2D eigenvalue weighted by Gasteiger charge is 2.31. The summed E-state index contributed by atoms with van der Waals surface area (Å²) in [6, 6.07) is 18.0. The third-order valence-electron chi connectivity index (χ3n) is 17.0. The number of benzene rings is 1. The minimum atomic E-state index is -0.966. The topological polar surface area (TPSA) is 255 Å². The molecule has 4 aliphatic rings. The maximum Gasteiger partial charge on any atom is 0.274 e. The molecule has 3 saturated carbocycles. The molecule has 450 valence electrons. The summed E-state index contributed by atoms with van der Waals surface area (Å²) in [5, 5.41) is 25.0. The van der Waals surface area contributed by atoms with Crippen molar-refractivity contribution >= 4 is 57.0 Å². The number of aromatic nitrogens is 11. The van der Waals surface area contributed by atoms with E-state index >= 15 is 0 Å². The lowest BCUT2D eigenvalue weighted by atomic mass is 9.76. The molecule has 4 atom stereocenters. The van der Waals surface area contributed by atoms with Crippen LogP contribution < -0.4 is 26.6 Å². The highest BCUT2D eigenvalue weighted by Crippen LogP contribution is 2.40.